The monoisotopic (exact) mass is 506 g/mol. The van der Waals surface area contributed by atoms with Crippen LogP contribution in [0.15, 0.2) is 115 Å². The maximum atomic E-state index is 6.35. The molecule has 4 rings (SSSR count). The quantitative estimate of drug-likeness (QED) is 0.163. The van der Waals surface area contributed by atoms with E-state index in [1.807, 2.05) is 54.6 Å². The average Bonchev–Trinajstić information content (AvgIpc) is 2.98. The average molecular weight is 506 g/mol. The van der Waals surface area contributed by atoms with Gasteiger partial charge in [0.25, 0.3) is 0 Å². The number of anilines is 2. The molecular weight excluding hydrogens is 470 g/mol. The van der Waals surface area contributed by atoms with Crippen LogP contribution in [0.1, 0.15) is 17.1 Å². The van der Waals surface area contributed by atoms with Crippen LogP contribution < -0.4 is 16.1 Å². The largest absolute Gasteiger partial charge is 0.434 e. The van der Waals surface area contributed by atoms with Crippen LogP contribution in [0, 0.1) is 0 Å². The summed E-state index contributed by atoms with van der Waals surface area (Å²) in [5.74, 6) is 0. The second-order valence-electron chi connectivity index (χ2n) is 9.00. The highest BCUT2D eigenvalue weighted by Crippen LogP contribution is 2.17. The lowest BCUT2D eigenvalue weighted by molar-refractivity contribution is 0.0956. The van der Waals surface area contributed by atoms with Crippen LogP contribution >= 0.6 is 0 Å². The molecular formula is C31H36B2N2O3. The van der Waals surface area contributed by atoms with Crippen molar-refractivity contribution in [3.8, 4) is 0 Å². The summed E-state index contributed by atoms with van der Waals surface area (Å²) in [6, 6.07) is 39.0. The highest BCUT2D eigenvalue weighted by Gasteiger charge is 2.15. The zero-order valence-corrected chi connectivity index (χ0v) is 21.9. The van der Waals surface area contributed by atoms with E-state index in [0.717, 1.165) is 36.4 Å². The van der Waals surface area contributed by atoms with Crippen molar-refractivity contribution in [2.45, 2.75) is 12.4 Å². The van der Waals surface area contributed by atoms with Gasteiger partial charge in [0.1, 0.15) is 0 Å². The zero-order chi connectivity index (χ0) is 26.1. The molecule has 0 aromatic heterocycles. The van der Waals surface area contributed by atoms with E-state index in [2.05, 4.69) is 71.3 Å². The first-order valence-electron chi connectivity index (χ1n) is 13.3. The van der Waals surface area contributed by atoms with E-state index in [4.69, 9.17) is 14.0 Å². The van der Waals surface area contributed by atoms with Gasteiger partial charge in [-0.15, -0.1) is 0 Å². The van der Waals surface area contributed by atoms with E-state index in [-0.39, 0.29) is 6.00 Å². The van der Waals surface area contributed by atoms with Gasteiger partial charge in [-0.1, -0.05) is 91.0 Å². The molecule has 0 heterocycles. The summed E-state index contributed by atoms with van der Waals surface area (Å²) in [6.45, 7) is 3.39. The maximum Gasteiger partial charge on any atom is 0.309 e. The second kappa shape index (κ2) is 16.4. The highest BCUT2D eigenvalue weighted by molar-refractivity contribution is 6.47. The SMILES string of the molecule is B(OCCNc1ccccc1)c1ccccc1CCOC(BOCCNc1ccccc1)c1ccccc1. The third-order valence-corrected chi connectivity index (χ3v) is 6.21. The third-order valence-electron chi connectivity index (χ3n) is 6.21. The highest BCUT2D eigenvalue weighted by atomic mass is 16.5. The normalized spacial score (nSPS) is 11.5. The topological polar surface area (TPSA) is 51.8 Å². The van der Waals surface area contributed by atoms with Crippen LogP contribution in [0.25, 0.3) is 0 Å². The lowest BCUT2D eigenvalue weighted by Crippen LogP contribution is -2.25. The summed E-state index contributed by atoms with van der Waals surface area (Å²) in [6.07, 6.45) is 0.820. The van der Waals surface area contributed by atoms with E-state index in [1.54, 1.807) is 0 Å². The minimum Gasteiger partial charge on any atom is -0.434 e. The van der Waals surface area contributed by atoms with E-state index in [9.17, 15) is 0 Å². The molecule has 0 saturated carbocycles. The number of rotatable bonds is 17. The number of para-hydroxylation sites is 2. The molecule has 0 aliphatic heterocycles. The van der Waals surface area contributed by atoms with Gasteiger partial charge >= 0.3 is 15.0 Å². The number of ether oxygens (including phenoxy) is 1. The van der Waals surface area contributed by atoms with Crippen molar-refractivity contribution in [3.05, 3.63) is 126 Å². The second-order valence-corrected chi connectivity index (χ2v) is 9.00. The standard InChI is InChI=1S/C31H36B2N2O3/c1-4-13-27(14-5-1)31(33-38-25-22-35-29-17-8-3-9-18-29)36-23-20-26-12-10-11-19-30(26)32-37-24-21-34-28-15-6-2-7-16-28/h1-19,31-35H,20-25H2. The molecule has 1 unspecified atom stereocenters. The molecule has 0 fully saturated rings. The van der Waals surface area contributed by atoms with Gasteiger partial charge in [-0.25, -0.2) is 0 Å². The lowest BCUT2D eigenvalue weighted by atomic mass is 9.82. The van der Waals surface area contributed by atoms with Crippen molar-refractivity contribution in [3.63, 3.8) is 0 Å². The molecule has 4 aromatic rings. The smallest absolute Gasteiger partial charge is 0.309 e. The molecule has 7 heteroatoms. The fraction of sp³-hybridized carbons (Fsp3) is 0.226. The summed E-state index contributed by atoms with van der Waals surface area (Å²) in [4.78, 5) is 0. The van der Waals surface area contributed by atoms with Crippen LogP contribution in [0.5, 0.6) is 0 Å². The molecule has 4 aromatic carbocycles. The first-order valence-corrected chi connectivity index (χ1v) is 13.3. The Bertz CT molecular complexity index is 1170. The van der Waals surface area contributed by atoms with Gasteiger partial charge in [0, 0.05) is 37.7 Å². The van der Waals surface area contributed by atoms with Crippen molar-refractivity contribution >= 4 is 31.8 Å². The Labute approximate surface area is 228 Å². The third kappa shape index (κ3) is 9.75. The van der Waals surface area contributed by atoms with Gasteiger partial charge in [-0.2, -0.15) is 0 Å². The summed E-state index contributed by atoms with van der Waals surface area (Å²) in [5, 5.41) is 6.76. The minimum atomic E-state index is -0.111. The van der Waals surface area contributed by atoms with Gasteiger partial charge in [-0.05, 0) is 47.3 Å². The minimum absolute atomic E-state index is 0.111. The Morgan fingerprint density at radius 1 is 0.579 bits per heavy atom. The molecule has 0 saturated heterocycles. The fourth-order valence-corrected chi connectivity index (χ4v) is 4.18. The summed E-state index contributed by atoms with van der Waals surface area (Å²) < 4.78 is 18.3. The predicted octanol–water partition coefficient (Wildman–Crippen LogP) is 4.53. The Hall–Kier alpha value is -3.51. The molecule has 0 aliphatic rings. The van der Waals surface area contributed by atoms with E-state index in [1.165, 1.54) is 11.0 Å². The number of hydrogen-bond donors (Lipinski definition) is 2. The van der Waals surface area contributed by atoms with Gasteiger partial charge in [0.15, 0.2) is 0 Å². The molecule has 0 amide bonds. The molecule has 38 heavy (non-hydrogen) atoms. The van der Waals surface area contributed by atoms with Crippen molar-refractivity contribution in [1.29, 1.82) is 0 Å². The Morgan fingerprint density at radius 3 is 1.79 bits per heavy atom. The molecule has 194 valence electrons. The molecule has 5 nitrogen and oxygen atoms in total. The van der Waals surface area contributed by atoms with Crippen molar-refractivity contribution in [1.82, 2.24) is 0 Å². The van der Waals surface area contributed by atoms with Crippen LogP contribution in [0.3, 0.4) is 0 Å². The Morgan fingerprint density at radius 2 is 1.13 bits per heavy atom. The molecule has 0 spiro atoms. The fourth-order valence-electron chi connectivity index (χ4n) is 4.18. The molecule has 1 atom stereocenters. The van der Waals surface area contributed by atoms with Crippen molar-refractivity contribution in [2.24, 2.45) is 0 Å². The first-order chi connectivity index (χ1) is 18.9. The zero-order valence-electron chi connectivity index (χ0n) is 21.9. The number of benzene rings is 4. The van der Waals surface area contributed by atoms with Crippen LogP contribution in [0.4, 0.5) is 11.4 Å². The number of hydrogen-bond acceptors (Lipinski definition) is 5. The Kier molecular flexibility index (Phi) is 11.8. The van der Waals surface area contributed by atoms with Crippen molar-refractivity contribution < 1.29 is 14.0 Å². The van der Waals surface area contributed by atoms with Crippen molar-refractivity contribution in [2.75, 3.05) is 43.5 Å². The summed E-state index contributed by atoms with van der Waals surface area (Å²) >= 11 is 0. The molecule has 0 aliphatic carbocycles. The first kappa shape index (κ1) is 27.5. The lowest BCUT2D eigenvalue weighted by Gasteiger charge is -2.18. The van der Waals surface area contributed by atoms with Gasteiger partial charge in [0.05, 0.1) is 12.6 Å². The molecule has 0 radical (unpaired) electrons. The summed E-state index contributed by atoms with van der Waals surface area (Å²) in [7, 11) is 1.10. The molecule has 0 bridgehead atoms. The van der Waals surface area contributed by atoms with Crippen LogP contribution in [-0.4, -0.2) is 47.9 Å². The van der Waals surface area contributed by atoms with Gasteiger partial charge in [-0.3, -0.25) is 0 Å². The van der Waals surface area contributed by atoms with Gasteiger partial charge < -0.3 is 24.7 Å². The van der Waals surface area contributed by atoms with Gasteiger partial charge in [0.2, 0.25) is 0 Å². The predicted molar refractivity (Wildman–Crippen MR) is 161 cm³/mol. The summed E-state index contributed by atoms with van der Waals surface area (Å²) in [5.41, 5.74) is 5.80. The van der Waals surface area contributed by atoms with Crippen LogP contribution in [-0.2, 0) is 20.5 Å². The Balaban J connectivity index is 1.20. The van der Waals surface area contributed by atoms with Crippen LogP contribution in [0.2, 0.25) is 0 Å². The van der Waals surface area contributed by atoms with E-state index < -0.39 is 0 Å². The van der Waals surface area contributed by atoms with E-state index in [0.29, 0.717) is 34.8 Å². The van der Waals surface area contributed by atoms with E-state index >= 15 is 0 Å². The number of nitrogens with one attached hydrogen (secondary N) is 2. The maximum absolute atomic E-state index is 6.35. The molecule has 2 N–H and O–H groups in total.